The first-order valence-corrected chi connectivity index (χ1v) is 19.1. The summed E-state index contributed by atoms with van der Waals surface area (Å²) < 4.78 is 0. The van der Waals surface area contributed by atoms with Gasteiger partial charge in [0.2, 0.25) is 0 Å². The molecule has 0 N–H and O–H groups in total. The molecule has 0 saturated carbocycles. The molecule has 9 rings (SSSR count). The van der Waals surface area contributed by atoms with Crippen LogP contribution in [0.3, 0.4) is 0 Å². The van der Waals surface area contributed by atoms with Gasteiger partial charge in [-0.1, -0.05) is 71.8 Å². The van der Waals surface area contributed by atoms with Gasteiger partial charge in [-0.05, 0) is 178 Å². The van der Waals surface area contributed by atoms with E-state index in [1.165, 1.54) is 95.0 Å². The highest BCUT2D eigenvalue weighted by Gasteiger charge is 2.45. The van der Waals surface area contributed by atoms with E-state index in [4.69, 9.17) is 0 Å². The lowest BCUT2D eigenvalue weighted by molar-refractivity contribution is 1.20. The Morgan fingerprint density at radius 2 is 0.704 bits per heavy atom. The molecule has 0 aromatic heterocycles. The molecule has 0 atom stereocenters. The van der Waals surface area contributed by atoms with Crippen LogP contribution < -0.4 is 31.1 Å². The number of aryl methyl sites for hydroxylation is 8. The van der Waals surface area contributed by atoms with E-state index >= 15 is 0 Å². The summed E-state index contributed by atoms with van der Waals surface area (Å²) in [5.41, 5.74) is 25.0. The molecule has 0 spiro atoms. The van der Waals surface area contributed by atoms with E-state index in [1.807, 2.05) is 0 Å². The minimum atomic E-state index is 0.0569. The van der Waals surface area contributed by atoms with Crippen molar-refractivity contribution < 1.29 is 0 Å². The smallest absolute Gasteiger partial charge is 0.252 e. The van der Waals surface area contributed by atoms with Gasteiger partial charge in [0.1, 0.15) is 0 Å². The lowest BCUT2D eigenvalue weighted by atomic mass is 9.32. The summed E-state index contributed by atoms with van der Waals surface area (Å²) in [4.78, 5) is 7.55. The van der Waals surface area contributed by atoms with Crippen molar-refractivity contribution in [3.8, 4) is 0 Å². The van der Waals surface area contributed by atoms with Crippen molar-refractivity contribution in [2.45, 2.75) is 55.4 Å². The number of rotatable bonds is 5. The first kappa shape index (κ1) is 33.8. The molecule has 264 valence electrons. The second kappa shape index (κ2) is 12.8. The summed E-state index contributed by atoms with van der Waals surface area (Å²) in [5.74, 6) is 0. The van der Waals surface area contributed by atoms with Gasteiger partial charge in [-0.25, -0.2) is 0 Å². The number of hydrogen-bond donors (Lipinski definition) is 0. The Bertz CT molecular complexity index is 2390. The fraction of sp³-hybridized carbons (Fsp3) is 0.160. The Morgan fingerprint density at radius 3 is 1.09 bits per heavy atom. The molecule has 0 radical (unpaired) electrons. The standard InChI is InChI=1S/C50H46BN3/c1-31-19-32(2)24-41(23-31)53-44-27-35(5)21-37(7)48(44)51-49-38(8)22-36(6)28-45(49)54(42-25-33(3)20-34(4)26-42)47-30-43(29-46(53)50(47)51)52(39-15-11-9-12-16-39)40-17-13-10-14-18-40/h9-30H,1-8H3. The van der Waals surface area contributed by atoms with E-state index < -0.39 is 0 Å². The van der Waals surface area contributed by atoms with Crippen LogP contribution in [0, 0.1) is 55.4 Å². The molecular formula is C50H46BN3. The number of hydrogen-bond acceptors (Lipinski definition) is 3. The van der Waals surface area contributed by atoms with Gasteiger partial charge in [0.15, 0.2) is 0 Å². The fourth-order valence-electron chi connectivity index (χ4n) is 9.45. The quantitative estimate of drug-likeness (QED) is 0.166. The summed E-state index contributed by atoms with van der Waals surface area (Å²) in [6.45, 7) is 18.0. The topological polar surface area (TPSA) is 9.72 Å². The van der Waals surface area contributed by atoms with Crippen molar-refractivity contribution in [3.63, 3.8) is 0 Å². The van der Waals surface area contributed by atoms with Crippen LogP contribution in [0.5, 0.6) is 0 Å². The SMILES string of the molecule is Cc1cc(C)cc(N2c3cc(C)cc(C)c3B3c4c(C)cc(C)cc4N(c4cc(C)cc(C)c4)c4cc(N(c5ccccc5)c5ccccc5)cc2c43)c1. The van der Waals surface area contributed by atoms with E-state index in [0.29, 0.717) is 0 Å². The normalized spacial score (nSPS) is 12.7. The van der Waals surface area contributed by atoms with Gasteiger partial charge in [0.25, 0.3) is 6.71 Å². The molecule has 54 heavy (non-hydrogen) atoms. The third-order valence-electron chi connectivity index (χ3n) is 11.2. The lowest BCUT2D eigenvalue weighted by Gasteiger charge is -2.46. The van der Waals surface area contributed by atoms with Gasteiger partial charge in [-0.15, -0.1) is 0 Å². The fourth-order valence-corrected chi connectivity index (χ4v) is 9.45. The van der Waals surface area contributed by atoms with Crippen molar-refractivity contribution in [1.29, 1.82) is 0 Å². The molecule has 7 aromatic carbocycles. The molecule has 0 unspecified atom stereocenters. The molecule has 2 aliphatic heterocycles. The monoisotopic (exact) mass is 699 g/mol. The predicted molar refractivity (Wildman–Crippen MR) is 233 cm³/mol. The molecule has 4 heteroatoms. The molecular weight excluding hydrogens is 653 g/mol. The van der Waals surface area contributed by atoms with Gasteiger partial charge in [-0.2, -0.15) is 0 Å². The average molecular weight is 700 g/mol. The van der Waals surface area contributed by atoms with Crippen molar-refractivity contribution in [2.75, 3.05) is 14.7 Å². The molecule has 3 nitrogen and oxygen atoms in total. The van der Waals surface area contributed by atoms with Crippen LogP contribution in [-0.4, -0.2) is 6.71 Å². The first-order chi connectivity index (χ1) is 26.0. The van der Waals surface area contributed by atoms with Crippen LogP contribution in [0.1, 0.15) is 44.5 Å². The maximum absolute atomic E-state index is 2.57. The van der Waals surface area contributed by atoms with E-state index in [0.717, 1.165) is 17.1 Å². The third kappa shape index (κ3) is 5.51. The second-order valence-corrected chi connectivity index (χ2v) is 15.7. The highest BCUT2D eigenvalue weighted by molar-refractivity contribution is 7.01. The van der Waals surface area contributed by atoms with Gasteiger partial charge < -0.3 is 14.7 Å². The second-order valence-electron chi connectivity index (χ2n) is 15.7. The number of nitrogens with zero attached hydrogens (tertiary/aromatic N) is 3. The van der Waals surface area contributed by atoms with E-state index in [9.17, 15) is 0 Å². The maximum atomic E-state index is 2.57. The average Bonchev–Trinajstić information content (AvgIpc) is 3.11. The molecule has 7 aromatic rings. The van der Waals surface area contributed by atoms with Crippen molar-refractivity contribution in [1.82, 2.24) is 0 Å². The number of fused-ring (bicyclic) bond motifs is 4. The molecule has 0 fully saturated rings. The Kier molecular flexibility index (Phi) is 8.04. The van der Waals surface area contributed by atoms with Crippen molar-refractivity contribution in [3.05, 3.63) is 178 Å². The molecule has 2 aliphatic rings. The van der Waals surface area contributed by atoms with Crippen molar-refractivity contribution >= 4 is 74.3 Å². The Morgan fingerprint density at radius 1 is 0.352 bits per heavy atom. The van der Waals surface area contributed by atoms with Crippen LogP contribution in [-0.2, 0) is 0 Å². The summed E-state index contributed by atoms with van der Waals surface area (Å²) in [6.07, 6.45) is 0. The van der Waals surface area contributed by atoms with Crippen LogP contribution in [0.15, 0.2) is 133 Å². The van der Waals surface area contributed by atoms with E-state index in [1.54, 1.807) is 0 Å². The zero-order chi connectivity index (χ0) is 37.4. The zero-order valence-corrected chi connectivity index (χ0v) is 32.6. The van der Waals surface area contributed by atoms with Gasteiger partial charge in [0, 0.05) is 45.5 Å². The maximum Gasteiger partial charge on any atom is 0.252 e. The van der Waals surface area contributed by atoms with Gasteiger partial charge >= 0.3 is 0 Å². The Balaban J connectivity index is 1.47. The minimum Gasteiger partial charge on any atom is -0.311 e. The zero-order valence-electron chi connectivity index (χ0n) is 32.6. The summed E-state index contributed by atoms with van der Waals surface area (Å²) in [5, 5.41) is 0. The highest BCUT2D eigenvalue weighted by Crippen LogP contribution is 2.49. The van der Waals surface area contributed by atoms with Crippen LogP contribution in [0.4, 0.5) is 51.2 Å². The number of para-hydroxylation sites is 2. The predicted octanol–water partition coefficient (Wildman–Crippen LogP) is 11.7. The molecule has 0 aliphatic carbocycles. The number of anilines is 9. The Labute approximate surface area is 321 Å². The highest BCUT2D eigenvalue weighted by atomic mass is 15.2. The van der Waals surface area contributed by atoms with Gasteiger partial charge in [0.05, 0.1) is 5.69 Å². The van der Waals surface area contributed by atoms with E-state index in [2.05, 4.69) is 204 Å². The summed E-state index contributed by atoms with van der Waals surface area (Å²) in [7, 11) is 0. The Hall–Kier alpha value is -6.00. The molecule has 0 saturated heterocycles. The minimum absolute atomic E-state index is 0.0569. The number of benzene rings is 7. The largest absolute Gasteiger partial charge is 0.311 e. The third-order valence-corrected chi connectivity index (χ3v) is 11.2. The van der Waals surface area contributed by atoms with E-state index in [-0.39, 0.29) is 6.71 Å². The molecule has 2 heterocycles. The summed E-state index contributed by atoms with van der Waals surface area (Å²) >= 11 is 0. The molecule has 0 amide bonds. The van der Waals surface area contributed by atoms with Gasteiger partial charge in [-0.3, -0.25) is 0 Å². The van der Waals surface area contributed by atoms with Crippen LogP contribution in [0.25, 0.3) is 0 Å². The van der Waals surface area contributed by atoms with Crippen molar-refractivity contribution in [2.24, 2.45) is 0 Å². The summed E-state index contributed by atoms with van der Waals surface area (Å²) in [6, 6.07) is 50.1. The first-order valence-electron chi connectivity index (χ1n) is 19.1. The molecule has 0 bridgehead atoms. The van der Waals surface area contributed by atoms with Crippen LogP contribution >= 0.6 is 0 Å². The lowest BCUT2D eigenvalue weighted by Crippen LogP contribution is -2.62. The van der Waals surface area contributed by atoms with Crippen LogP contribution in [0.2, 0.25) is 0 Å².